The molecule has 0 fully saturated rings. The van der Waals surface area contributed by atoms with Crippen LogP contribution in [0.1, 0.15) is 24.2 Å². The van der Waals surface area contributed by atoms with Crippen LogP contribution in [0.3, 0.4) is 0 Å². The van der Waals surface area contributed by atoms with Gasteiger partial charge in [-0.25, -0.2) is 8.78 Å². The molecule has 0 aliphatic carbocycles. The summed E-state index contributed by atoms with van der Waals surface area (Å²) < 4.78 is 25.8. The van der Waals surface area contributed by atoms with Crippen molar-refractivity contribution in [1.29, 1.82) is 0 Å². The van der Waals surface area contributed by atoms with Gasteiger partial charge in [-0.3, -0.25) is 4.79 Å². The highest BCUT2D eigenvalue weighted by molar-refractivity contribution is 6.00. The zero-order chi connectivity index (χ0) is 11.6. The van der Waals surface area contributed by atoms with E-state index in [9.17, 15) is 13.6 Å². The average Bonchev–Trinajstić information content (AvgIpc) is 2.15. The zero-order valence-corrected chi connectivity index (χ0v) is 8.63. The Labute approximate surface area is 87.1 Å². The SMILES string of the molecule is CC(C)C(N)C(=O)c1ccc(F)cc1F. The van der Waals surface area contributed by atoms with E-state index in [-0.39, 0.29) is 11.5 Å². The van der Waals surface area contributed by atoms with Crippen LogP contribution in [0.5, 0.6) is 0 Å². The van der Waals surface area contributed by atoms with E-state index in [1.165, 1.54) is 0 Å². The molecule has 0 heterocycles. The van der Waals surface area contributed by atoms with E-state index in [4.69, 9.17) is 5.73 Å². The number of hydrogen-bond acceptors (Lipinski definition) is 2. The molecule has 1 unspecified atom stereocenters. The normalized spacial score (nSPS) is 12.9. The molecule has 4 heteroatoms. The number of carbonyl (C=O) groups excluding carboxylic acids is 1. The van der Waals surface area contributed by atoms with E-state index in [1.807, 2.05) is 0 Å². The van der Waals surface area contributed by atoms with Crippen molar-refractivity contribution < 1.29 is 13.6 Å². The number of ketones is 1. The van der Waals surface area contributed by atoms with E-state index < -0.39 is 23.5 Å². The molecule has 0 spiro atoms. The average molecular weight is 213 g/mol. The van der Waals surface area contributed by atoms with Gasteiger partial charge in [0, 0.05) is 6.07 Å². The lowest BCUT2D eigenvalue weighted by Crippen LogP contribution is -2.36. The molecule has 0 amide bonds. The second kappa shape index (κ2) is 4.49. The third-order valence-electron chi connectivity index (χ3n) is 2.22. The molecular weight excluding hydrogens is 200 g/mol. The Bertz CT molecular complexity index is 377. The highest BCUT2D eigenvalue weighted by Gasteiger charge is 2.21. The maximum absolute atomic E-state index is 13.2. The van der Waals surface area contributed by atoms with Crippen molar-refractivity contribution in [1.82, 2.24) is 0 Å². The minimum absolute atomic E-state index is 0.0815. The molecule has 0 aromatic heterocycles. The Morgan fingerprint density at radius 3 is 2.40 bits per heavy atom. The lowest BCUT2D eigenvalue weighted by atomic mass is 9.95. The minimum Gasteiger partial charge on any atom is -0.321 e. The Morgan fingerprint density at radius 1 is 1.33 bits per heavy atom. The first kappa shape index (κ1) is 11.8. The molecule has 2 nitrogen and oxygen atoms in total. The summed E-state index contributed by atoms with van der Waals surface area (Å²) in [5.41, 5.74) is 5.43. The molecule has 1 aromatic rings. The van der Waals surface area contributed by atoms with Gasteiger partial charge in [-0.2, -0.15) is 0 Å². The van der Waals surface area contributed by atoms with Gasteiger partial charge >= 0.3 is 0 Å². The fourth-order valence-corrected chi connectivity index (χ4v) is 1.17. The van der Waals surface area contributed by atoms with E-state index in [1.54, 1.807) is 13.8 Å². The predicted octanol–water partition coefficient (Wildman–Crippen LogP) is 2.13. The van der Waals surface area contributed by atoms with Gasteiger partial charge in [0.2, 0.25) is 0 Å². The summed E-state index contributed by atoms with van der Waals surface area (Å²) in [7, 11) is 0. The molecule has 15 heavy (non-hydrogen) atoms. The molecule has 2 N–H and O–H groups in total. The molecule has 1 rings (SSSR count). The molecule has 0 saturated carbocycles. The standard InChI is InChI=1S/C11H13F2NO/c1-6(2)10(14)11(15)8-4-3-7(12)5-9(8)13/h3-6,10H,14H2,1-2H3. The number of Topliss-reactive ketones (excluding diaryl/α,β-unsaturated/α-hetero) is 1. The first-order valence-electron chi connectivity index (χ1n) is 4.68. The van der Waals surface area contributed by atoms with Gasteiger partial charge in [0.25, 0.3) is 0 Å². The number of benzene rings is 1. The quantitative estimate of drug-likeness (QED) is 0.781. The van der Waals surface area contributed by atoms with Gasteiger partial charge in [-0.1, -0.05) is 13.8 Å². The summed E-state index contributed by atoms with van der Waals surface area (Å²) in [5, 5.41) is 0. The Balaban J connectivity index is 3.01. The van der Waals surface area contributed by atoms with Crippen LogP contribution in [-0.4, -0.2) is 11.8 Å². The second-order valence-corrected chi connectivity index (χ2v) is 3.76. The van der Waals surface area contributed by atoms with Crippen molar-refractivity contribution in [2.45, 2.75) is 19.9 Å². The lowest BCUT2D eigenvalue weighted by Gasteiger charge is -2.14. The van der Waals surface area contributed by atoms with Crippen molar-refractivity contribution in [2.24, 2.45) is 11.7 Å². The van der Waals surface area contributed by atoms with Gasteiger partial charge in [0.05, 0.1) is 11.6 Å². The molecule has 0 aliphatic heterocycles. The second-order valence-electron chi connectivity index (χ2n) is 3.76. The largest absolute Gasteiger partial charge is 0.321 e. The van der Waals surface area contributed by atoms with Crippen molar-refractivity contribution in [3.05, 3.63) is 35.4 Å². The summed E-state index contributed by atoms with van der Waals surface area (Å²) in [4.78, 5) is 11.6. The van der Waals surface area contributed by atoms with Crippen LogP contribution in [0.15, 0.2) is 18.2 Å². The van der Waals surface area contributed by atoms with Crippen molar-refractivity contribution in [2.75, 3.05) is 0 Å². The first-order valence-corrected chi connectivity index (χ1v) is 4.68. The summed E-state index contributed by atoms with van der Waals surface area (Å²) in [6, 6.07) is 2.09. The zero-order valence-electron chi connectivity index (χ0n) is 8.63. The van der Waals surface area contributed by atoms with Gasteiger partial charge in [-0.15, -0.1) is 0 Å². The molecule has 0 aliphatic rings. The molecular formula is C11H13F2NO. The molecule has 1 atom stereocenters. The van der Waals surface area contributed by atoms with E-state index >= 15 is 0 Å². The molecule has 0 bridgehead atoms. The number of hydrogen-bond donors (Lipinski definition) is 1. The van der Waals surface area contributed by atoms with Crippen LogP contribution in [0, 0.1) is 17.6 Å². The van der Waals surface area contributed by atoms with E-state index in [2.05, 4.69) is 0 Å². The highest BCUT2D eigenvalue weighted by atomic mass is 19.1. The molecule has 82 valence electrons. The Morgan fingerprint density at radius 2 is 1.93 bits per heavy atom. The molecule has 1 aromatic carbocycles. The third-order valence-corrected chi connectivity index (χ3v) is 2.22. The summed E-state index contributed by atoms with van der Waals surface area (Å²) in [6.07, 6.45) is 0. The fraction of sp³-hybridized carbons (Fsp3) is 0.364. The number of halogens is 2. The highest BCUT2D eigenvalue weighted by Crippen LogP contribution is 2.14. The molecule has 0 radical (unpaired) electrons. The number of carbonyl (C=O) groups is 1. The van der Waals surface area contributed by atoms with Gasteiger partial charge in [0.1, 0.15) is 11.6 Å². The number of nitrogens with two attached hydrogens (primary N) is 1. The number of rotatable bonds is 3. The molecule has 0 saturated heterocycles. The fourth-order valence-electron chi connectivity index (χ4n) is 1.17. The van der Waals surface area contributed by atoms with Gasteiger partial charge < -0.3 is 5.73 Å². The van der Waals surface area contributed by atoms with Crippen molar-refractivity contribution in [3.63, 3.8) is 0 Å². The van der Waals surface area contributed by atoms with Crippen LogP contribution < -0.4 is 5.73 Å². The third kappa shape index (κ3) is 2.59. The van der Waals surface area contributed by atoms with Crippen molar-refractivity contribution >= 4 is 5.78 Å². The summed E-state index contributed by atoms with van der Waals surface area (Å²) in [5.74, 6) is -2.15. The topological polar surface area (TPSA) is 43.1 Å². The van der Waals surface area contributed by atoms with Crippen molar-refractivity contribution in [3.8, 4) is 0 Å². The Hall–Kier alpha value is -1.29. The smallest absolute Gasteiger partial charge is 0.182 e. The van der Waals surface area contributed by atoms with Crippen LogP contribution in [0.25, 0.3) is 0 Å². The maximum Gasteiger partial charge on any atom is 0.182 e. The Kier molecular flexibility index (Phi) is 3.52. The van der Waals surface area contributed by atoms with Crippen LogP contribution in [-0.2, 0) is 0 Å². The van der Waals surface area contributed by atoms with Gasteiger partial charge in [0.15, 0.2) is 5.78 Å². The van der Waals surface area contributed by atoms with E-state index in [0.717, 1.165) is 12.1 Å². The lowest BCUT2D eigenvalue weighted by molar-refractivity contribution is 0.0936. The minimum atomic E-state index is -0.865. The van der Waals surface area contributed by atoms with Crippen LogP contribution in [0.4, 0.5) is 8.78 Å². The maximum atomic E-state index is 13.2. The first-order chi connectivity index (χ1) is 6.93. The van der Waals surface area contributed by atoms with Crippen LogP contribution >= 0.6 is 0 Å². The van der Waals surface area contributed by atoms with E-state index in [0.29, 0.717) is 6.07 Å². The predicted molar refractivity (Wildman–Crippen MR) is 53.5 cm³/mol. The summed E-state index contributed by atoms with van der Waals surface area (Å²) >= 11 is 0. The van der Waals surface area contributed by atoms with Crippen LogP contribution in [0.2, 0.25) is 0 Å². The summed E-state index contributed by atoms with van der Waals surface area (Å²) in [6.45, 7) is 3.54. The van der Waals surface area contributed by atoms with Gasteiger partial charge in [-0.05, 0) is 18.1 Å². The monoisotopic (exact) mass is 213 g/mol.